The molecular formula is C54H34N2S. The number of hydrogen-bond donors (Lipinski definition) is 0. The van der Waals surface area contributed by atoms with Gasteiger partial charge < -0.3 is 9.13 Å². The number of rotatable bonds is 5. The van der Waals surface area contributed by atoms with Crippen LogP contribution in [0.1, 0.15) is 28.8 Å². The summed E-state index contributed by atoms with van der Waals surface area (Å²) in [5.41, 5.74) is 0.449. The summed E-state index contributed by atoms with van der Waals surface area (Å²) in [5, 5.41) is -0.583. The second-order valence-corrected chi connectivity index (χ2v) is 14.4. The average Bonchev–Trinajstić information content (AvgIpc) is 3.34. The highest BCUT2D eigenvalue weighted by molar-refractivity contribution is 7.26. The Morgan fingerprint density at radius 2 is 1.11 bits per heavy atom. The van der Waals surface area contributed by atoms with Crippen LogP contribution in [0.3, 0.4) is 0 Å². The van der Waals surface area contributed by atoms with E-state index >= 15 is 0 Å². The van der Waals surface area contributed by atoms with Crippen LogP contribution in [0.25, 0.3) is 109 Å². The molecule has 12 aromatic rings. The van der Waals surface area contributed by atoms with E-state index in [2.05, 4.69) is 0 Å². The van der Waals surface area contributed by atoms with E-state index in [9.17, 15) is 15.1 Å². The second-order valence-electron chi connectivity index (χ2n) is 13.3. The van der Waals surface area contributed by atoms with Crippen molar-refractivity contribution in [2.45, 2.75) is 0 Å². The van der Waals surface area contributed by atoms with Crippen molar-refractivity contribution in [3.8, 4) is 44.8 Å². The Labute approximate surface area is 363 Å². The summed E-state index contributed by atoms with van der Waals surface area (Å²) in [4.78, 5) is 0. The maximum Gasteiger partial charge on any atom is 0.0645 e. The van der Waals surface area contributed by atoms with E-state index in [1.807, 2.05) is 30.3 Å². The van der Waals surface area contributed by atoms with Gasteiger partial charge in [0.15, 0.2) is 0 Å². The molecule has 0 fully saturated rings. The van der Waals surface area contributed by atoms with Gasteiger partial charge in [0.2, 0.25) is 0 Å². The van der Waals surface area contributed by atoms with E-state index in [0.717, 1.165) is 28.5 Å². The minimum absolute atomic E-state index is 0.0687. The van der Waals surface area contributed by atoms with Crippen LogP contribution >= 0.6 is 11.3 Å². The van der Waals surface area contributed by atoms with Crippen LogP contribution in [-0.2, 0) is 0 Å². The summed E-state index contributed by atoms with van der Waals surface area (Å²) in [7, 11) is 0. The number of nitrogens with zero attached hydrogens (tertiary/aromatic N) is 2. The van der Waals surface area contributed by atoms with Crippen molar-refractivity contribution in [3.63, 3.8) is 0 Å². The number of thiophene rings is 1. The van der Waals surface area contributed by atoms with E-state index in [1.165, 1.54) is 27.3 Å². The van der Waals surface area contributed by atoms with Crippen molar-refractivity contribution in [1.29, 1.82) is 0 Å². The highest BCUT2D eigenvalue weighted by atomic mass is 32.1. The fourth-order valence-electron chi connectivity index (χ4n) is 7.70. The Morgan fingerprint density at radius 3 is 1.96 bits per heavy atom. The average molecular weight is 764 g/mol. The minimum Gasteiger partial charge on any atom is -0.309 e. The number of hydrogen-bond acceptors (Lipinski definition) is 1. The van der Waals surface area contributed by atoms with E-state index in [0.29, 0.717) is 10.4 Å². The summed E-state index contributed by atoms with van der Waals surface area (Å²) < 4.78 is 194. The molecule has 9 aromatic carbocycles. The monoisotopic (exact) mass is 763 g/mol. The number of benzene rings is 9. The summed E-state index contributed by atoms with van der Waals surface area (Å²) in [6.07, 6.45) is 0. The van der Waals surface area contributed by atoms with Crippen LogP contribution in [0.2, 0.25) is 0 Å². The molecule has 3 heterocycles. The first kappa shape index (κ1) is 17.7. The zero-order valence-electron chi connectivity index (χ0n) is 50.3. The van der Waals surface area contributed by atoms with Gasteiger partial charge in [-0.2, -0.15) is 0 Å². The molecule has 0 bridgehead atoms. The third-order valence-corrected chi connectivity index (χ3v) is 11.3. The van der Waals surface area contributed by atoms with Gasteiger partial charge in [-0.1, -0.05) is 151 Å². The van der Waals surface area contributed by atoms with Crippen molar-refractivity contribution < 1.29 is 28.8 Å². The maximum absolute atomic E-state index is 10.2. The van der Waals surface area contributed by atoms with Crippen LogP contribution in [0.4, 0.5) is 0 Å². The quantitative estimate of drug-likeness (QED) is 0.165. The Kier molecular flexibility index (Phi) is 3.94. The lowest BCUT2D eigenvalue weighted by Gasteiger charge is -2.13. The molecule has 3 aromatic heterocycles. The molecule has 0 N–H and O–H groups in total. The molecule has 0 unspecified atom stereocenters. The Hall–Kier alpha value is -7.20. The highest BCUT2D eigenvalue weighted by Crippen LogP contribution is 2.44. The van der Waals surface area contributed by atoms with Crippen LogP contribution in [0.15, 0.2) is 206 Å². The molecule has 0 saturated carbocycles. The SMILES string of the molecule is [2H]c1cc(-c2c([2H])c([2H])cc3sc4cc(-n5c6c([2H])cc(-c7c([2H])c([2H])c([2H])c8c9c([2H])c([2H])c([2H])c([2H])c9n(-c9ccc(-c%10ccccc%10)cc9)c78)c([2H])c6c6c([2H])c([2H])c([2H])c([2H])c65)c([2H])c([2H])c4c23)c([2H])c([2H])c1[2H]. The van der Waals surface area contributed by atoms with E-state index in [4.69, 9.17) is 13.7 Å². The second kappa shape index (κ2) is 12.7. The van der Waals surface area contributed by atoms with Crippen LogP contribution < -0.4 is 0 Å². The zero-order chi connectivity index (χ0) is 55.7. The molecule has 0 aliphatic rings. The molecular weight excluding hydrogens is 709 g/mol. The molecule has 0 spiro atoms. The van der Waals surface area contributed by atoms with Gasteiger partial charge in [-0.05, 0) is 82.3 Å². The van der Waals surface area contributed by atoms with Crippen molar-refractivity contribution in [1.82, 2.24) is 9.13 Å². The van der Waals surface area contributed by atoms with Crippen LogP contribution in [0.5, 0.6) is 0 Å². The van der Waals surface area contributed by atoms with Gasteiger partial charge in [0, 0.05) is 58.7 Å². The van der Waals surface area contributed by atoms with Gasteiger partial charge in [0.1, 0.15) is 0 Å². The van der Waals surface area contributed by atoms with Crippen molar-refractivity contribution in [2.24, 2.45) is 0 Å². The first-order valence-electron chi connectivity index (χ1n) is 28.3. The summed E-state index contributed by atoms with van der Waals surface area (Å²) in [6, 6.07) is 9.97. The molecule has 0 aliphatic carbocycles. The van der Waals surface area contributed by atoms with Gasteiger partial charge in [0.25, 0.3) is 0 Å². The predicted molar refractivity (Wildman–Crippen MR) is 244 cm³/mol. The third-order valence-electron chi connectivity index (χ3n) is 10.2. The standard InChI is InChI=1S/C54H34N2S/c1-3-13-35(14-4-1)36-25-28-39(29-26-36)56-49-23-10-7-17-43(49)45-21-11-20-42(54(45)56)38-27-32-50-47(33-38)44-18-8-9-22-48(44)55(50)40-30-31-46-52(34-40)57-51-24-12-19-41(53(46)51)37-15-5-2-6-16-37/h1-34H/i2D,5D,6D,7D,8D,9D,10D,11D,12D,15D,17D,18D,19D,20D,21D,22D,23D,30D,31D,32D,33D. The Balaban J connectivity index is 1.21. The summed E-state index contributed by atoms with van der Waals surface area (Å²) in [6.45, 7) is 0. The molecule has 0 atom stereocenters. The van der Waals surface area contributed by atoms with Crippen molar-refractivity contribution >= 4 is 75.1 Å². The minimum atomic E-state index is -0.711. The zero-order valence-corrected chi connectivity index (χ0v) is 30.1. The van der Waals surface area contributed by atoms with Crippen molar-refractivity contribution in [3.05, 3.63) is 206 Å². The predicted octanol–water partition coefficient (Wildman–Crippen LogP) is 15.2. The van der Waals surface area contributed by atoms with Gasteiger partial charge in [-0.3, -0.25) is 0 Å². The molecule has 0 radical (unpaired) electrons. The first-order chi connectivity index (χ1) is 37.0. The molecule has 266 valence electrons. The molecule has 57 heavy (non-hydrogen) atoms. The first-order valence-corrected chi connectivity index (χ1v) is 18.6. The molecule has 0 aliphatic heterocycles. The topological polar surface area (TPSA) is 9.86 Å². The molecule has 0 saturated heterocycles. The maximum atomic E-state index is 10.2. The fraction of sp³-hybridized carbons (Fsp3) is 0. The van der Waals surface area contributed by atoms with Gasteiger partial charge in [0.05, 0.1) is 50.9 Å². The van der Waals surface area contributed by atoms with E-state index in [1.54, 1.807) is 24.3 Å². The summed E-state index contributed by atoms with van der Waals surface area (Å²) >= 11 is 1.03. The fourth-order valence-corrected chi connectivity index (χ4v) is 8.79. The molecule has 2 nitrogen and oxygen atoms in total. The lowest BCUT2D eigenvalue weighted by molar-refractivity contribution is 1.18. The number of para-hydroxylation sites is 3. The van der Waals surface area contributed by atoms with Gasteiger partial charge in [-0.25, -0.2) is 0 Å². The number of aromatic nitrogens is 2. The van der Waals surface area contributed by atoms with Gasteiger partial charge in [-0.15, -0.1) is 11.3 Å². The van der Waals surface area contributed by atoms with Crippen molar-refractivity contribution in [2.75, 3.05) is 0 Å². The molecule has 0 amide bonds. The highest BCUT2D eigenvalue weighted by Gasteiger charge is 2.19. The molecule has 3 heteroatoms. The normalized spacial score (nSPS) is 17.0. The smallest absolute Gasteiger partial charge is 0.0645 e. The third kappa shape index (κ3) is 4.96. The van der Waals surface area contributed by atoms with E-state index < -0.39 is 121 Å². The largest absolute Gasteiger partial charge is 0.309 e. The lowest BCUT2D eigenvalue weighted by atomic mass is 9.99. The van der Waals surface area contributed by atoms with E-state index in [-0.39, 0.29) is 93.1 Å². The Bertz CT molecular complexity index is 4740. The van der Waals surface area contributed by atoms with Gasteiger partial charge >= 0.3 is 0 Å². The lowest BCUT2D eigenvalue weighted by Crippen LogP contribution is -1.96. The molecule has 12 rings (SSSR count). The van der Waals surface area contributed by atoms with Crippen LogP contribution in [-0.4, -0.2) is 9.13 Å². The number of fused-ring (bicyclic) bond motifs is 9. The van der Waals surface area contributed by atoms with Crippen LogP contribution in [0, 0.1) is 0 Å². The summed E-state index contributed by atoms with van der Waals surface area (Å²) in [5.74, 6) is 0. The Morgan fingerprint density at radius 1 is 0.386 bits per heavy atom.